The molecule has 0 saturated heterocycles. The Morgan fingerprint density at radius 3 is 2.45 bits per heavy atom. The zero-order chi connectivity index (χ0) is 14.5. The van der Waals surface area contributed by atoms with Crippen molar-refractivity contribution in [1.82, 2.24) is 4.98 Å². The van der Waals surface area contributed by atoms with Gasteiger partial charge < -0.3 is 10.6 Å². The molecule has 2 aromatic rings. The smallest absolute Gasteiger partial charge is 0.259 e. The second-order valence-corrected chi connectivity index (χ2v) is 4.05. The third kappa shape index (κ3) is 3.38. The van der Waals surface area contributed by atoms with E-state index in [0.29, 0.717) is 5.69 Å². The Morgan fingerprint density at radius 2 is 1.85 bits per heavy atom. The Hall–Kier alpha value is -2.76. The molecular weight excluding hydrogens is 261 g/mol. The number of rotatable bonds is 3. The fourth-order valence-corrected chi connectivity index (χ4v) is 1.57. The van der Waals surface area contributed by atoms with Gasteiger partial charge in [-0.1, -0.05) is 12.1 Å². The quantitative estimate of drug-likeness (QED) is 0.902. The van der Waals surface area contributed by atoms with Crippen LogP contribution in [0.4, 0.5) is 15.9 Å². The molecule has 102 valence electrons. The lowest BCUT2D eigenvalue weighted by molar-refractivity contribution is -0.114. The molecule has 2 rings (SSSR count). The predicted molar refractivity (Wildman–Crippen MR) is 72.9 cm³/mol. The maximum absolute atomic E-state index is 13.4. The molecule has 0 radical (unpaired) electrons. The lowest BCUT2D eigenvalue weighted by atomic mass is 10.2. The molecule has 5 nitrogen and oxygen atoms in total. The van der Waals surface area contributed by atoms with E-state index in [1.807, 2.05) is 0 Å². The fraction of sp³-hybridized carbons (Fsp3) is 0.0714. The number of pyridine rings is 1. The molecule has 0 fully saturated rings. The van der Waals surface area contributed by atoms with E-state index in [1.165, 1.54) is 37.4 Å². The maximum atomic E-state index is 13.4. The van der Waals surface area contributed by atoms with E-state index in [-0.39, 0.29) is 17.3 Å². The van der Waals surface area contributed by atoms with Crippen LogP contribution in [0.1, 0.15) is 17.3 Å². The van der Waals surface area contributed by atoms with E-state index in [2.05, 4.69) is 15.6 Å². The molecule has 0 saturated carbocycles. The number of anilines is 2. The van der Waals surface area contributed by atoms with E-state index in [0.717, 1.165) is 0 Å². The Labute approximate surface area is 114 Å². The van der Waals surface area contributed by atoms with Crippen LogP contribution < -0.4 is 10.6 Å². The number of hydrogen-bond acceptors (Lipinski definition) is 3. The van der Waals surface area contributed by atoms with Crippen LogP contribution in [0, 0.1) is 5.82 Å². The minimum atomic E-state index is -0.597. The Morgan fingerprint density at radius 1 is 1.10 bits per heavy atom. The summed E-state index contributed by atoms with van der Waals surface area (Å²) in [5.41, 5.74) is 0.460. The summed E-state index contributed by atoms with van der Waals surface area (Å²) in [6.07, 6.45) is 1.40. The molecule has 2 amide bonds. The number of carbonyl (C=O) groups is 2. The molecule has 2 N–H and O–H groups in total. The molecule has 6 heteroatoms. The molecule has 1 aromatic carbocycles. The highest BCUT2D eigenvalue weighted by Crippen LogP contribution is 2.12. The molecule has 0 bridgehead atoms. The van der Waals surface area contributed by atoms with Gasteiger partial charge in [0.25, 0.3) is 5.91 Å². The summed E-state index contributed by atoms with van der Waals surface area (Å²) in [5.74, 6) is -1.12. The van der Waals surface area contributed by atoms with Crippen molar-refractivity contribution in [2.45, 2.75) is 6.92 Å². The van der Waals surface area contributed by atoms with Gasteiger partial charge in [0.05, 0.1) is 17.4 Å². The van der Waals surface area contributed by atoms with Gasteiger partial charge in [0.2, 0.25) is 5.91 Å². The highest BCUT2D eigenvalue weighted by atomic mass is 19.1. The number of halogens is 1. The fourth-order valence-electron chi connectivity index (χ4n) is 1.57. The first-order chi connectivity index (χ1) is 9.56. The van der Waals surface area contributed by atoms with Crippen molar-refractivity contribution in [1.29, 1.82) is 0 Å². The summed E-state index contributed by atoms with van der Waals surface area (Å²) in [6, 6.07) is 8.78. The van der Waals surface area contributed by atoms with Crippen molar-refractivity contribution < 1.29 is 14.0 Å². The summed E-state index contributed by atoms with van der Waals surface area (Å²) >= 11 is 0. The molecule has 0 spiro atoms. The largest absolute Gasteiger partial charge is 0.325 e. The number of nitrogens with one attached hydrogen (secondary N) is 2. The van der Waals surface area contributed by atoms with E-state index in [9.17, 15) is 14.0 Å². The van der Waals surface area contributed by atoms with Gasteiger partial charge in [-0.3, -0.25) is 9.59 Å². The molecule has 20 heavy (non-hydrogen) atoms. The second-order valence-electron chi connectivity index (χ2n) is 4.05. The number of nitrogens with zero attached hydrogens (tertiary/aromatic N) is 1. The predicted octanol–water partition coefficient (Wildman–Crippen LogP) is 2.43. The van der Waals surface area contributed by atoms with Crippen LogP contribution in [0.15, 0.2) is 42.6 Å². The van der Waals surface area contributed by atoms with Gasteiger partial charge >= 0.3 is 0 Å². The van der Waals surface area contributed by atoms with E-state index in [1.54, 1.807) is 12.1 Å². The van der Waals surface area contributed by atoms with Gasteiger partial charge in [-0.2, -0.15) is 0 Å². The van der Waals surface area contributed by atoms with Crippen LogP contribution in [0.3, 0.4) is 0 Å². The third-order valence-corrected chi connectivity index (χ3v) is 2.44. The summed E-state index contributed by atoms with van der Waals surface area (Å²) in [6.45, 7) is 1.38. The Kier molecular flexibility index (Phi) is 4.05. The highest BCUT2D eigenvalue weighted by molar-refractivity contribution is 6.04. The minimum Gasteiger partial charge on any atom is -0.325 e. The number of carbonyl (C=O) groups excluding carboxylic acids is 2. The van der Waals surface area contributed by atoms with Crippen molar-refractivity contribution in [2.75, 3.05) is 10.6 Å². The monoisotopic (exact) mass is 273 g/mol. The van der Waals surface area contributed by atoms with Gasteiger partial charge in [0.1, 0.15) is 11.6 Å². The molecule has 0 aliphatic rings. The van der Waals surface area contributed by atoms with E-state index >= 15 is 0 Å². The van der Waals surface area contributed by atoms with E-state index in [4.69, 9.17) is 0 Å². The maximum Gasteiger partial charge on any atom is 0.259 e. The standard InChI is InChI=1S/C14H12FN3O2/c1-9(19)17-10-6-7-13(16-8-10)18-14(20)11-4-2-3-5-12(11)15/h2-8H,1H3,(H,17,19)(H,16,18,20). The number of hydrogen-bond donors (Lipinski definition) is 2. The molecular formula is C14H12FN3O2. The second kappa shape index (κ2) is 5.92. The first-order valence-electron chi connectivity index (χ1n) is 5.86. The van der Waals surface area contributed by atoms with Gasteiger partial charge in [-0.05, 0) is 24.3 Å². The molecule has 1 aromatic heterocycles. The van der Waals surface area contributed by atoms with Crippen LogP contribution in [-0.2, 0) is 4.79 Å². The van der Waals surface area contributed by atoms with Crippen molar-refractivity contribution in [2.24, 2.45) is 0 Å². The highest BCUT2D eigenvalue weighted by Gasteiger charge is 2.11. The van der Waals surface area contributed by atoms with Gasteiger partial charge in [-0.15, -0.1) is 0 Å². The first kappa shape index (κ1) is 13.7. The van der Waals surface area contributed by atoms with Crippen molar-refractivity contribution in [3.8, 4) is 0 Å². The first-order valence-corrected chi connectivity index (χ1v) is 5.86. The molecule has 1 heterocycles. The van der Waals surface area contributed by atoms with Crippen molar-refractivity contribution in [3.05, 3.63) is 54.0 Å². The van der Waals surface area contributed by atoms with Crippen LogP contribution >= 0.6 is 0 Å². The van der Waals surface area contributed by atoms with Gasteiger partial charge in [-0.25, -0.2) is 9.37 Å². The zero-order valence-electron chi connectivity index (χ0n) is 10.7. The average molecular weight is 273 g/mol. The van der Waals surface area contributed by atoms with Crippen LogP contribution in [-0.4, -0.2) is 16.8 Å². The summed E-state index contributed by atoms with van der Waals surface area (Å²) < 4.78 is 13.4. The summed E-state index contributed by atoms with van der Waals surface area (Å²) in [7, 11) is 0. The van der Waals surface area contributed by atoms with Gasteiger partial charge in [0, 0.05) is 6.92 Å². The normalized spacial score (nSPS) is 9.90. The third-order valence-electron chi connectivity index (χ3n) is 2.44. The minimum absolute atomic E-state index is 0.0553. The summed E-state index contributed by atoms with van der Waals surface area (Å²) in [5, 5.41) is 5.03. The number of aromatic nitrogens is 1. The molecule has 0 aliphatic heterocycles. The molecule has 0 unspecified atom stereocenters. The van der Waals surface area contributed by atoms with Crippen molar-refractivity contribution >= 4 is 23.3 Å². The lowest BCUT2D eigenvalue weighted by Gasteiger charge is -2.06. The molecule has 0 atom stereocenters. The Balaban J connectivity index is 2.09. The number of benzene rings is 1. The van der Waals surface area contributed by atoms with Crippen molar-refractivity contribution in [3.63, 3.8) is 0 Å². The van der Waals surface area contributed by atoms with Crippen LogP contribution in [0.25, 0.3) is 0 Å². The van der Waals surface area contributed by atoms with Crippen LogP contribution in [0.5, 0.6) is 0 Å². The topological polar surface area (TPSA) is 71.1 Å². The lowest BCUT2D eigenvalue weighted by Crippen LogP contribution is -2.14. The average Bonchev–Trinajstić information content (AvgIpc) is 2.41. The zero-order valence-corrected chi connectivity index (χ0v) is 10.7. The summed E-state index contributed by atoms with van der Waals surface area (Å²) in [4.78, 5) is 26.6. The van der Waals surface area contributed by atoms with Gasteiger partial charge in [0.15, 0.2) is 0 Å². The Bertz CT molecular complexity index is 641. The van der Waals surface area contributed by atoms with E-state index < -0.39 is 11.7 Å². The SMILES string of the molecule is CC(=O)Nc1ccc(NC(=O)c2ccccc2F)nc1. The van der Waals surface area contributed by atoms with Crippen LogP contribution in [0.2, 0.25) is 0 Å². The molecule has 0 aliphatic carbocycles. The number of amides is 2.